The molecule has 0 radical (unpaired) electrons. The van der Waals surface area contributed by atoms with Crippen molar-refractivity contribution < 1.29 is 4.74 Å². The maximum atomic E-state index is 12.9. The number of hydrogen-bond acceptors (Lipinski definition) is 8. The van der Waals surface area contributed by atoms with Crippen LogP contribution < -0.4 is 21.5 Å². The number of nitrogen functional groups attached to an aromatic ring is 1. The third-order valence-electron chi connectivity index (χ3n) is 5.50. The van der Waals surface area contributed by atoms with Crippen LogP contribution in [0.5, 0.6) is 0 Å². The molecule has 4 heterocycles. The monoisotopic (exact) mass is 429 g/mol. The molecule has 32 heavy (non-hydrogen) atoms. The van der Waals surface area contributed by atoms with Crippen LogP contribution in [0, 0.1) is 0 Å². The highest BCUT2D eigenvalue weighted by Gasteiger charge is 2.16. The number of nitrogens with zero attached hydrogens (tertiary/aromatic N) is 5. The molecule has 0 unspecified atom stereocenters. The van der Waals surface area contributed by atoms with Crippen LogP contribution in [-0.4, -0.2) is 45.8 Å². The van der Waals surface area contributed by atoms with Gasteiger partial charge in [0.1, 0.15) is 5.65 Å². The lowest BCUT2D eigenvalue weighted by molar-refractivity contribution is 0.122. The first-order valence-corrected chi connectivity index (χ1v) is 10.4. The number of nitrogens with one attached hydrogen (secondary N) is 1. The van der Waals surface area contributed by atoms with E-state index in [1.165, 1.54) is 0 Å². The van der Waals surface area contributed by atoms with Gasteiger partial charge in [0.2, 0.25) is 5.95 Å². The van der Waals surface area contributed by atoms with E-state index in [9.17, 15) is 4.79 Å². The van der Waals surface area contributed by atoms with E-state index < -0.39 is 0 Å². The Balaban J connectivity index is 1.45. The summed E-state index contributed by atoms with van der Waals surface area (Å²) < 4.78 is 6.93. The number of hydrogen-bond donors (Lipinski definition) is 2. The Morgan fingerprint density at radius 3 is 2.59 bits per heavy atom. The Bertz CT molecular complexity index is 1330. The Morgan fingerprint density at radius 1 is 1.06 bits per heavy atom. The van der Waals surface area contributed by atoms with Crippen LogP contribution in [-0.2, 0) is 11.8 Å². The predicted molar refractivity (Wildman–Crippen MR) is 125 cm³/mol. The summed E-state index contributed by atoms with van der Waals surface area (Å²) in [5.74, 6) is 1.11. The summed E-state index contributed by atoms with van der Waals surface area (Å²) in [7, 11) is 1.71. The van der Waals surface area contributed by atoms with Crippen molar-refractivity contribution in [3.05, 3.63) is 65.2 Å². The van der Waals surface area contributed by atoms with Gasteiger partial charge in [-0.1, -0.05) is 30.3 Å². The second-order valence-electron chi connectivity index (χ2n) is 7.62. The first kappa shape index (κ1) is 20.0. The molecule has 1 saturated heterocycles. The minimum Gasteiger partial charge on any atom is -0.396 e. The summed E-state index contributed by atoms with van der Waals surface area (Å²) >= 11 is 0. The van der Waals surface area contributed by atoms with Gasteiger partial charge in [0.15, 0.2) is 5.82 Å². The minimum atomic E-state index is -0.117. The summed E-state index contributed by atoms with van der Waals surface area (Å²) in [5, 5.41) is 3.91. The van der Waals surface area contributed by atoms with E-state index in [1.807, 2.05) is 42.5 Å². The van der Waals surface area contributed by atoms with Gasteiger partial charge in [-0.15, -0.1) is 0 Å². The summed E-state index contributed by atoms with van der Waals surface area (Å²) in [5.41, 5.74) is 9.37. The van der Waals surface area contributed by atoms with E-state index in [0.29, 0.717) is 41.7 Å². The molecule has 9 heteroatoms. The zero-order valence-corrected chi connectivity index (χ0v) is 17.7. The van der Waals surface area contributed by atoms with Crippen LogP contribution in [0.3, 0.4) is 0 Å². The molecule has 0 saturated carbocycles. The maximum absolute atomic E-state index is 12.9. The second kappa shape index (κ2) is 8.27. The number of morpholine rings is 1. The fraction of sp³-hybridized carbons (Fsp3) is 0.217. The quantitative estimate of drug-likeness (QED) is 0.509. The van der Waals surface area contributed by atoms with Gasteiger partial charge >= 0.3 is 0 Å². The van der Waals surface area contributed by atoms with E-state index in [0.717, 1.165) is 29.9 Å². The molecule has 1 aliphatic rings. The highest BCUT2D eigenvalue weighted by Crippen LogP contribution is 2.26. The van der Waals surface area contributed by atoms with Crippen LogP contribution in [0.25, 0.3) is 22.2 Å². The molecule has 3 N–H and O–H groups in total. The van der Waals surface area contributed by atoms with Gasteiger partial charge in [-0.05, 0) is 17.7 Å². The molecule has 0 aliphatic carbocycles. The van der Waals surface area contributed by atoms with E-state index in [1.54, 1.807) is 24.0 Å². The molecule has 1 fully saturated rings. The van der Waals surface area contributed by atoms with Crippen LogP contribution in [0.15, 0.2) is 59.7 Å². The zero-order valence-electron chi connectivity index (χ0n) is 17.7. The number of nitrogens with two attached hydrogens (primary N) is 1. The average Bonchev–Trinajstić information content (AvgIpc) is 2.83. The lowest BCUT2D eigenvalue weighted by atomic mass is 10.1. The highest BCUT2D eigenvalue weighted by molar-refractivity contribution is 5.82. The first-order chi connectivity index (χ1) is 15.6. The predicted octanol–water partition coefficient (Wildman–Crippen LogP) is 2.55. The molecule has 5 rings (SSSR count). The van der Waals surface area contributed by atoms with Crippen molar-refractivity contribution in [1.82, 2.24) is 19.5 Å². The number of pyridine rings is 2. The zero-order chi connectivity index (χ0) is 22.1. The second-order valence-corrected chi connectivity index (χ2v) is 7.62. The Hall–Kier alpha value is -3.98. The van der Waals surface area contributed by atoms with Crippen LogP contribution in [0.2, 0.25) is 0 Å². The fourth-order valence-corrected chi connectivity index (χ4v) is 3.84. The fourth-order valence-electron chi connectivity index (χ4n) is 3.84. The third-order valence-corrected chi connectivity index (χ3v) is 5.50. The molecule has 3 aromatic heterocycles. The van der Waals surface area contributed by atoms with Gasteiger partial charge in [0.05, 0.1) is 30.8 Å². The number of fused-ring (bicyclic) bond motifs is 1. The number of benzene rings is 1. The Labute approximate surface area is 184 Å². The van der Waals surface area contributed by atoms with Crippen molar-refractivity contribution in [3.63, 3.8) is 0 Å². The molecule has 0 atom stereocenters. The van der Waals surface area contributed by atoms with Gasteiger partial charge in [0.25, 0.3) is 5.56 Å². The standard InChI is InChI=1S/C23H23N7O2/c1-29-20-16(11-18(22(29)31)15-5-3-2-4-6-15)13-26-23(28-20)27-17-12-19(24)21(25-14-17)30-7-9-32-10-8-30/h2-6,11-14H,7-10,24H2,1H3,(H,26,27,28). The number of rotatable bonds is 4. The van der Waals surface area contributed by atoms with Gasteiger partial charge in [-0.25, -0.2) is 9.97 Å². The van der Waals surface area contributed by atoms with Crippen LogP contribution >= 0.6 is 0 Å². The van der Waals surface area contributed by atoms with Crippen molar-refractivity contribution in [2.24, 2.45) is 7.05 Å². The van der Waals surface area contributed by atoms with E-state index >= 15 is 0 Å². The average molecular weight is 429 g/mol. The lowest BCUT2D eigenvalue weighted by Gasteiger charge is -2.28. The van der Waals surface area contributed by atoms with Gasteiger partial charge in [0, 0.05) is 37.3 Å². The van der Waals surface area contributed by atoms with Crippen LogP contribution in [0.1, 0.15) is 0 Å². The molecule has 1 aliphatic heterocycles. The SMILES string of the molecule is Cn1c(=O)c(-c2ccccc2)cc2cnc(Nc3cnc(N4CCOCC4)c(N)c3)nc21. The lowest BCUT2D eigenvalue weighted by Crippen LogP contribution is -2.37. The largest absolute Gasteiger partial charge is 0.396 e. The molecule has 0 amide bonds. The van der Waals surface area contributed by atoms with Crippen molar-refractivity contribution in [3.8, 4) is 11.1 Å². The molecule has 1 aromatic carbocycles. The van der Waals surface area contributed by atoms with Crippen molar-refractivity contribution in [1.29, 1.82) is 0 Å². The van der Waals surface area contributed by atoms with Gasteiger partial charge in [-0.3, -0.25) is 9.36 Å². The molecular weight excluding hydrogens is 406 g/mol. The van der Waals surface area contributed by atoms with Crippen LogP contribution in [0.4, 0.5) is 23.1 Å². The van der Waals surface area contributed by atoms with E-state index in [4.69, 9.17) is 10.5 Å². The number of aromatic nitrogens is 4. The topological polar surface area (TPSA) is 111 Å². The number of aryl methyl sites for hydroxylation is 1. The van der Waals surface area contributed by atoms with Crippen molar-refractivity contribution >= 4 is 34.2 Å². The molecular formula is C23H23N7O2. The smallest absolute Gasteiger partial charge is 0.259 e. The maximum Gasteiger partial charge on any atom is 0.259 e. The van der Waals surface area contributed by atoms with E-state index in [2.05, 4.69) is 25.2 Å². The van der Waals surface area contributed by atoms with Gasteiger partial charge in [-0.2, -0.15) is 4.98 Å². The summed E-state index contributed by atoms with van der Waals surface area (Å²) in [6.45, 7) is 2.85. The van der Waals surface area contributed by atoms with Crippen molar-refractivity contribution in [2.45, 2.75) is 0 Å². The number of anilines is 4. The third kappa shape index (κ3) is 3.74. The minimum absolute atomic E-state index is 0.117. The Kier molecular flexibility index (Phi) is 5.16. The molecule has 0 spiro atoms. The van der Waals surface area contributed by atoms with Crippen molar-refractivity contribution in [2.75, 3.05) is 42.3 Å². The first-order valence-electron chi connectivity index (χ1n) is 10.4. The molecule has 9 nitrogen and oxygen atoms in total. The normalized spacial score (nSPS) is 14.0. The highest BCUT2D eigenvalue weighted by atomic mass is 16.5. The molecule has 0 bridgehead atoms. The molecule has 162 valence electrons. The summed E-state index contributed by atoms with van der Waals surface area (Å²) in [4.78, 5) is 28.5. The number of ether oxygens (including phenoxy) is 1. The summed E-state index contributed by atoms with van der Waals surface area (Å²) in [6, 6.07) is 13.2. The summed E-state index contributed by atoms with van der Waals surface area (Å²) in [6.07, 6.45) is 3.40. The van der Waals surface area contributed by atoms with E-state index in [-0.39, 0.29) is 5.56 Å². The van der Waals surface area contributed by atoms with Gasteiger partial charge < -0.3 is 20.7 Å². The Morgan fingerprint density at radius 2 is 1.84 bits per heavy atom. The molecule has 4 aromatic rings.